The highest BCUT2D eigenvalue weighted by atomic mass is 32.2. The molecule has 0 fully saturated rings. The number of nitrogens with two attached hydrogens (primary N) is 1. The molecule has 0 amide bonds. The second-order valence-corrected chi connectivity index (χ2v) is 6.29. The first kappa shape index (κ1) is 16.2. The Morgan fingerprint density at radius 2 is 1.90 bits per heavy atom. The molecule has 0 heterocycles. The van der Waals surface area contributed by atoms with Crippen LogP contribution >= 0.6 is 11.8 Å². The van der Waals surface area contributed by atoms with Crippen LogP contribution in [-0.2, 0) is 0 Å². The van der Waals surface area contributed by atoms with E-state index in [2.05, 4.69) is 60.5 Å². The largest absolute Gasteiger partial charge is 0.367 e. The van der Waals surface area contributed by atoms with Crippen LogP contribution in [0, 0.1) is 0 Å². The van der Waals surface area contributed by atoms with Crippen LogP contribution in [0.3, 0.4) is 0 Å². The van der Waals surface area contributed by atoms with Crippen LogP contribution in [0.25, 0.3) is 10.8 Å². The average molecular weight is 302 g/mol. The van der Waals surface area contributed by atoms with E-state index in [1.165, 1.54) is 28.6 Å². The first-order chi connectivity index (χ1) is 10.3. The molecule has 2 N–H and O–H groups in total. The highest BCUT2D eigenvalue weighted by Gasteiger charge is 2.17. The molecule has 0 saturated carbocycles. The van der Waals surface area contributed by atoms with Crippen LogP contribution in [0.1, 0.15) is 19.8 Å². The lowest BCUT2D eigenvalue weighted by Gasteiger charge is -2.33. The van der Waals surface area contributed by atoms with Crippen molar-refractivity contribution in [1.82, 2.24) is 0 Å². The van der Waals surface area contributed by atoms with Gasteiger partial charge in [0.15, 0.2) is 0 Å². The van der Waals surface area contributed by atoms with Crippen molar-refractivity contribution in [2.75, 3.05) is 30.0 Å². The molecule has 0 aliphatic heterocycles. The number of hydrogen-bond acceptors (Lipinski definition) is 3. The van der Waals surface area contributed by atoms with Crippen molar-refractivity contribution in [3.63, 3.8) is 0 Å². The zero-order valence-electron chi connectivity index (χ0n) is 13.1. The summed E-state index contributed by atoms with van der Waals surface area (Å²) >= 11 is 1.91. The van der Waals surface area contributed by atoms with Crippen molar-refractivity contribution < 1.29 is 0 Å². The highest BCUT2D eigenvalue weighted by Crippen LogP contribution is 2.28. The number of benzene rings is 2. The molecule has 0 saturated heterocycles. The summed E-state index contributed by atoms with van der Waals surface area (Å²) in [7, 11) is 0. The van der Waals surface area contributed by atoms with Gasteiger partial charge in [-0.15, -0.1) is 0 Å². The van der Waals surface area contributed by atoms with Crippen LogP contribution < -0.4 is 10.6 Å². The zero-order valence-corrected chi connectivity index (χ0v) is 13.9. The standard InChI is InChI=1S/C18H26N2S/c1-3-20(16(14-19)10-7-13-21-2)18-12-6-9-15-8-4-5-11-17(15)18/h4-6,8-9,11-12,16H,3,7,10,13-14,19H2,1-2H3. The maximum Gasteiger partial charge on any atom is 0.0448 e. The van der Waals surface area contributed by atoms with Gasteiger partial charge in [-0.05, 0) is 43.2 Å². The van der Waals surface area contributed by atoms with Crippen LogP contribution in [0.2, 0.25) is 0 Å². The molecule has 21 heavy (non-hydrogen) atoms. The first-order valence-corrected chi connectivity index (χ1v) is 9.14. The smallest absolute Gasteiger partial charge is 0.0448 e. The van der Waals surface area contributed by atoms with Gasteiger partial charge in [0.25, 0.3) is 0 Å². The average Bonchev–Trinajstić information content (AvgIpc) is 2.54. The third-order valence-electron chi connectivity index (χ3n) is 4.02. The fraction of sp³-hybridized carbons (Fsp3) is 0.444. The lowest BCUT2D eigenvalue weighted by molar-refractivity contribution is 0.562. The minimum Gasteiger partial charge on any atom is -0.367 e. The summed E-state index contributed by atoms with van der Waals surface area (Å²) in [6.07, 6.45) is 4.55. The minimum absolute atomic E-state index is 0.424. The first-order valence-electron chi connectivity index (χ1n) is 7.75. The van der Waals surface area contributed by atoms with Gasteiger partial charge in [0.05, 0.1) is 0 Å². The van der Waals surface area contributed by atoms with Crippen molar-refractivity contribution in [3.05, 3.63) is 42.5 Å². The molecule has 0 aromatic heterocycles. The molecule has 0 radical (unpaired) electrons. The van der Waals surface area contributed by atoms with Crippen molar-refractivity contribution in [2.24, 2.45) is 5.73 Å². The summed E-state index contributed by atoms with van der Waals surface area (Å²) in [6, 6.07) is 15.6. The molecular weight excluding hydrogens is 276 g/mol. The molecule has 1 atom stereocenters. The van der Waals surface area contributed by atoms with E-state index in [1.54, 1.807) is 0 Å². The number of thioether (sulfide) groups is 1. The molecule has 0 bridgehead atoms. The van der Waals surface area contributed by atoms with E-state index in [9.17, 15) is 0 Å². The van der Waals surface area contributed by atoms with Crippen molar-refractivity contribution >= 4 is 28.2 Å². The Bertz CT molecular complexity index is 550. The lowest BCUT2D eigenvalue weighted by Crippen LogP contribution is -2.41. The molecule has 2 nitrogen and oxygen atoms in total. The van der Waals surface area contributed by atoms with Crippen molar-refractivity contribution in [2.45, 2.75) is 25.8 Å². The molecule has 0 spiro atoms. The molecule has 0 aliphatic carbocycles. The summed E-state index contributed by atoms with van der Waals surface area (Å²) < 4.78 is 0. The quantitative estimate of drug-likeness (QED) is 0.743. The number of fused-ring (bicyclic) bond motifs is 1. The summed E-state index contributed by atoms with van der Waals surface area (Å²) in [6.45, 7) is 3.93. The van der Waals surface area contributed by atoms with Gasteiger partial charge in [0.1, 0.15) is 0 Å². The molecule has 2 aromatic rings. The summed E-state index contributed by atoms with van der Waals surface area (Å²) in [5, 5.41) is 2.62. The molecule has 114 valence electrons. The van der Waals surface area contributed by atoms with Crippen molar-refractivity contribution in [3.8, 4) is 0 Å². The SMILES string of the molecule is CCN(c1cccc2ccccc12)C(CN)CCCSC. The molecule has 1 unspecified atom stereocenters. The Balaban J connectivity index is 2.29. The van der Waals surface area contributed by atoms with E-state index in [0.717, 1.165) is 13.0 Å². The van der Waals surface area contributed by atoms with Gasteiger partial charge in [0.2, 0.25) is 0 Å². The summed E-state index contributed by atoms with van der Waals surface area (Å²) in [5.74, 6) is 1.21. The third kappa shape index (κ3) is 3.92. The molecule has 0 aliphatic rings. The predicted molar refractivity (Wildman–Crippen MR) is 97.4 cm³/mol. The highest BCUT2D eigenvalue weighted by molar-refractivity contribution is 7.98. The minimum atomic E-state index is 0.424. The van der Waals surface area contributed by atoms with E-state index in [1.807, 2.05) is 11.8 Å². The molecule has 2 rings (SSSR count). The molecule has 3 heteroatoms. The van der Waals surface area contributed by atoms with Crippen LogP contribution in [0.5, 0.6) is 0 Å². The van der Waals surface area contributed by atoms with E-state index in [4.69, 9.17) is 5.73 Å². The third-order valence-corrected chi connectivity index (χ3v) is 4.71. The Labute approximate surface area is 132 Å². The fourth-order valence-corrected chi connectivity index (χ4v) is 3.40. The van der Waals surface area contributed by atoms with Gasteiger partial charge in [0, 0.05) is 30.2 Å². The maximum atomic E-state index is 6.06. The van der Waals surface area contributed by atoms with E-state index in [-0.39, 0.29) is 0 Å². The molecular formula is C18H26N2S. The Morgan fingerprint density at radius 3 is 2.62 bits per heavy atom. The van der Waals surface area contributed by atoms with E-state index < -0.39 is 0 Å². The summed E-state index contributed by atoms with van der Waals surface area (Å²) in [4.78, 5) is 2.47. The number of likely N-dealkylation sites (N-methyl/N-ethyl adjacent to an activating group) is 1. The van der Waals surface area contributed by atoms with Gasteiger partial charge in [-0.25, -0.2) is 0 Å². The lowest BCUT2D eigenvalue weighted by atomic mass is 10.0. The number of nitrogens with zero attached hydrogens (tertiary/aromatic N) is 1. The van der Waals surface area contributed by atoms with Crippen LogP contribution in [0.4, 0.5) is 5.69 Å². The Hall–Kier alpha value is -1.19. The fourth-order valence-electron chi connectivity index (χ4n) is 2.95. The van der Waals surface area contributed by atoms with Gasteiger partial charge in [-0.1, -0.05) is 36.4 Å². The monoisotopic (exact) mass is 302 g/mol. The zero-order chi connectivity index (χ0) is 15.1. The van der Waals surface area contributed by atoms with Gasteiger partial charge < -0.3 is 10.6 Å². The normalized spacial score (nSPS) is 12.5. The van der Waals surface area contributed by atoms with Crippen LogP contribution in [0.15, 0.2) is 42.5 Å². The van der Waals surface area contributed by atoms with Crippen molar-refractivity contribution in [1.29, 1.82) is 0 Å². The topological polar surface area (TPSA) is 29.3 Å². The second-order valence-electron chi connectivity index (χ2n) is 5.31. The second kappa shape index (κ2) is 8.30. The predicted octanol–water partition coefficient (Wildman–Crippen LogP) is 4.14. The van der Waals surface area contributed by atoms with Gasteiger partial charge >= 0.3 is 0 Å². The molecule has 2 aromatic carbocycles. The maximum absolute atomic E-state index is 6.06. The number of rotatable bonds is 8. The van der Waals surface area contributed by atoms with E-state index in [0.29, 0.717) is 12.6 Å². The van der Waals surface area contributed by atoms with E-state index >= 15 is 0 Å². The number of hydrogen-bond donors (Lipinski definition) is 1. The van der Waals surface area contributed by atoms with Gasteiger partial charge in [-0.3, -0.25) is 0 Å². The Kier molecular flexibility index (Phi) is 6.40. The van der Waals surface area contributed by atoms with Gasteiger partial charge in [-0.2, -0.15) is 11.8 Å². The summed E-state index contributed by atoms with van der Waals surface area (Å²) in [5.41, 5.74) is 7.38. The Morgan fingerprint density at radius 1 is 1.14 bits per heavy atom. The van der Waals surface area contributed by atoms with Crippen LogP contribution in [-0.4, -0.2) is 31.1 Å². The number of anilines is 1.